The van der Waals surface area contributed by atoms with Gasteiger partial charge in [0, 0.05) is 17.8 Å². The van der Waals surface area contributed by atoms with E-state index in [4.69, 9.17) is 11.1 Å². The molecule has 1 aromatic carbocycles. The minimum absolute atomic E-state index is 0.0561. The van der Waals surface area contributed by atoms with Crippen LogP contribution in [0.3, 0.4) is 0 Å². The third kappa shape index (κ3) is 3.62. The molecule has 0 bridgehead atoms. The molecule has 3 N–H and O–H groups in total. The molecule has 0 spiro atoms. The summed E-state index contributed by atoms with van der Waals surface area (Å²) in [5.41, 5.74) is 4.83. The predicted octanol–water partition coefficient (Wildman–Crippen LogP) is 3.43. The lowest BCUT2D eigenvalue weighted by atomic mass is 10.0. The van der Waals surface area contributed by atoms with Crippen molar-refractivity contribution in [2.75, 3.05) is 5.73 Å². The molecule has 92 valence electrons. The Bertz CT molecular complexity index is 448. The van der Waals surface area contributed by atoms with Gasteiger partial charge in [0.15, 0.2) is 0 Å². The van der Waals surface area contributed by atoms with E-state index in [2.05, 4.69) is 0 Å². The van der Waals surface area contributed by atoms with Gasteiger partial charge in [0.05, 0.1) is 5.56 Å². The molecule has 0 aromatic heterocycles. The summed E-state index contributed by atoms with van der Waals surface area (Å²) in [5.74, 6) is 0. The summed E-state index contributed by atoms with van der Waals surface area (Å²) in [4.78, 5) is 0. The number of allylic oxidation sites excluding steroid dienone is 2. The number of nitrogens with one attached hydrogen (secondary N) is 1. The van der Waals surface area contributed by atoms with E-state index in [1.165, 1.54) is 18.2 Å². The summed E-state index contributed by atoms with van der Waals surface area (Å²) < 4.78 is 38.2. The highest BCUT2D eigenvalue weighted by molar-refractivity contribution is 5.94. The van der Waals surface area contributed by atoms with E-state index in [-0.39, 0.29) is 23.4 Å². The van der Waals surface area contributed by atoms with Crippen LogP contribution in [0.15, 0.2) is 30.4 Å². The van der Waals surface area contributed by atoms with Crippen molar-refractivity contribution in [1.29, 1.82) is 5.41 Å². The summed E-state index contributed by atoms with van der Waals surface area (Å²) in [6.07, 6.45) is -1.41. The first-order chi connectivity index (χ1) is 7.84. The fraction of sp³-hybridized carbons (Fsp3) is 0.250. The minimum Gasteiger partial charge on any atom is -0.399 e. The second-order valence-electron chi connectivity index (χ2n) is 3.62. The number of alkyl halides is 3. The van der Waals surface area contributed by atoms with Gasteiger partial charge in [-0.3, -0.25) is 0 Å². The molecule has 0 saturated heterocycles. The van der Waals surface area contributed by atoms with Crippen molar-refractivity contribution in [3.8, 4) is 0 Å². The van der Waals surface area contributed by atoms with Gasteiger partial charge in [0.1, 0.15) is 0 Å². The average Bonchev–Trinajstić information content (AvgIpc) is 2.19. The number of benzene rings is 1. The van der Waals surface area contributed by atoms with Gasteiger partial charge in [0.25, 0.3) is 0 Å². The molecule has 0 unspecified atom stereocenters. The van der Waals surface area contributed by atoms with Gasteiger partial charge in [-0.25, -0.2) is 0 Å². The monoisotopic (exact) mass is 242 g/mol. The molecule has 5 heteroatoms. The number of hydrogen-bond acceptors (Lipinski definition) is 2. The van der Waals surface area contributed by atoms with Crippen LogP contribution < -0.4 is 5.73 Å². The Hall–Kier alpha value is -1.78. The molecular weight excluding hydrogens is 229 g/mol. The van der Waals surface area contributed by atoms with Crippen molar-refractivity contribution in [2.24, 2.45) is 0 Å². The van der Waals surface area contributed by atoms with E-state index in [9.17, 15) is 13.2 Å². The second-order valence-corrected chi connectivity index (χ2v) is 3.62. The molecule has 0 aliphatic heterocycles. The quantitative estimate of drug-likeness (QED) is 0.619. The van der Waals surface area contributed by atoms with Gasteiger partial charge in [-0.05, 0) is 30.7 Å². The maximum absolute atomic E-state index is 12.7. The van der Waals surface area contributed by atoms with Crippen molar-refractivity contribution in [3.05, 3.63) is 41.5 Å². The molecule has 1 rings (SSSR count). The van der Waals surface area contributed by atoms with E-state index in [1.807, 2.05) is 0 Å². The van der Waals surface area contributed by atoms with Crippen LogP contribution in [-0.2, 0) is 12.6 Å². The van der Waals surface area contributed by atoms with Gasteiger partial charge < -0.3 is 11.1 Å². The van der Waals surface area contributed by atoms with Gasteiger partial charge in [-0.1, -0.05) is 12.1 Å². The summed E-state index contributed by atoms with van der Waals surface area (Å²) in [6.45, 7) is 1.71. The first kappa shape index (κ1) is 13.3. The van der Waals surface area contributed by atoms with Crippen molar-refractivity contribution in [3.63, 3.8) is 0 Å². The SMILES string of the molecule is C/C=C/C(=N)Cc1ccc(N)cc1C(F)(F)F. The van der Waals surface area contributed by atoms with E-state index >= 15 is 0 Å². The fourth-order valence-corrected chi connectivity index (χ4v) is 1.48. The molecule has 0 heterocycles. The van der Waals surface area contributed by atoms with E-state index in [0.717, 1.165) is 6.07 Å². The van der Waals surface area contributed by atoms with Crippen LogP contribution in [0.1, 0.15) is 18.1 Å². The van der Waals surface area contributed by atoms with Crippen molar-refractivity contribution < 1.29 is 13.2 Å². The number of anilines is 1. The molecule has 0 aliphatic carbocycles. The first-order valence-electron chi connectivity index (χ1n) is 5.00. The molecule has 0 saturated carbocycles. The Morgan fingerprint density at radius 3 is 2.59 bits per heavy atom. The maximum atomic E-state index is 12.7. The topological polar surface area (TPSA) is 49.9 Å². The molecule has 0 amide bonds. The molecule has 2 nitrogen and oxygen atoms in total. The van der Waals surface area contributed by atoms with Gasteiger partial charge in [-0.15, -0.1) is 0 Å². The summed E-state index contributed by atoms with van der Waals surface area (Å²) in [7, 11) is 0. The van der Waals surface area contributed by atoms with Crippen LogP contribution in [0.4, 0.5) is 18.9 Å². The maximum Gasteiger partial charge on any atom is 0.416 e. The number of nitrogens with two attached hydrogens (primary N) is 1. The number of hydrogen-bond donors (Lipinski definition) is 2. The van der Waals surface area contributed by atoms with Crippen LogP contribution in [-0.4, -0.2) is 5.71 Å². The fourth-order valence-electron chi connectivity index (χ4n) is 1.48. The first-order valence-corrected chi connectivity index (χ1v) is 5.00. The molecule has 0 radical (unpaired) electrons. The second kappa shape index (κ2) is 5.03. The van der Waals surface area contributed by atoms with E-state index in [0.29, 0.717) is 0 Å². The third-order valence-electron chi connectivity index (χ3n) is 2.19. The average molecular weight is 242 g/mol. The molecular formula is C12H13F3N2. The smallest absolute Gasteiger partial charge is 0.399 e. The largest absolute Gasteiger partial charge is 0.416 e. The Balaban J connectivity index is 3.11. The molecule has 0 atom stereocenters. The standard InChI is InChI=1S/C12H13F3N2/c1-2-3-9(16)6-8-4-5-10(17)7-11(8)12(13,14)15/h2-5,7,16H,6,17H2,1H3/b3-2+,16-9?. The molecule has 17 heavy (non-hydrogen) atoms. The predicted molar refractivity (Wildman–Crippen MR) is 62.1 cm³/mol. The van der Waals surface area contributed by atoms with E-state index < -0.39 is 11.7 Å². The normalized spacial score (nSPS) is 12.0. The minimum atomic E-state index is -4.44. The number of nitrogen functional groups attached to an aromatic ring is 1. The van der Waals surface area contributed by atoms with Crippen molar-refractivity contribution >= 4 is 11.4 Å². The van der Waals surface area contributed by atoms with Crippen LogP contribution in [0.2, 0.25) is 0 Å². The summed E-state index contributed by atoms with van der Waals surface area (Å²) in [5, 5.41) is 7.50. The highest BCUT2D eigenvalue weighted by Gasteiger charge is 2.33. The summed E-state index contributed by atoms with van der Waals surface area (Å²) >= 11 is 0. The zero-order valence-corrected chi connectivity index (χ0v) is 9.31. The zero-order valence-electron chi connectivity index (χ0n) is 9.31. The molecule has 0 aliphatic rings. The third-order valence-corrected chi connectivity index (χ3v) is 2.19. The lowest BCUT2D eigenvalue weighted by Gasteiger charge is -2.13. The van der Waals surface area contributed by atoms with Crippen LogP contribution in [0.25, 0.3) is 0 Å². The lowest BCUT2D eigenvalue weighted by molar-refractivity contribution is -0.138. The Morgan fingerprint density at radius 2 is 2.06 bits per heavy atom. The lowest BCUT2D eigenvalue weighted by Crippen LogP contribution is -2.12. The van der Waals surface area contributed by atoms with Gasteiger partial charge in [0.2, 0.25) is 0 Å². The highest BCUT2D eigenvalue weighted by atomic mass is 19.4. The zero-order chi connectivity index (χ0) is 13.1. The number of halogens is 3. The Labute approximate surface area is 97.5 Å². The Morgan fingerprint density at radius 1 is 1.41 bits per heavy atom. The van der Waals surface area contributed by atoms with Crippen LogP contribution >= 0.6 is 0 Å². The van der Waals surface area contributed by atoms with Gasteiger partial charge in [-0.2, -0.15) is 13.2 Å². The van der Waals surface area contributed by atoms with Crippen LogP contribution in [0, 0.1) is 5.41 Å². The molecule has 1 aromatic rings. The Kier molecular flexibility index (Phi) is 3.93. The molecule has 0 fully saturated rings. The number of rotatable bonds is 3. The van der Waals surface area contributed by atoms with E-state index in [1.54, 1.807) is 13.0 Å². The van der Waals surface area contributed by atoms with Gasteiger partial charge >= 0.3 is 6.18 Å². The van der Waals surface area contributed by atoms with Crippen molar-refractivity contribution in [1.82, 2.24) is 0 Å². The van der Waals surface area contributed by atoms with Crippen LogP contribution in [0.5, 0.6) is 0 Å². The summed E-state index contributed by atoms with van der Waals surface area (Å²) in [6, 6.07) is 3.63. The highest BCUT2D eigenvalue weighted by Crippen LogP contribution is 2.33. The van der Waals surface area contributed by atoms with Crippen molar-refractivity contribution in [2.45, 2.75) is 19.5 Å².